The average Bonchev–Trinajstić information content (AvgIpc) is 2.66. The molecule has 0 aromatic rings. The van der Waals surface area contributed by atoms with Gasteiger partial charge in [-0.25, -0.2) is 0 Å². The molecule has 0 aromatic heterocycles. The summed E-state index contributed by atoms with van der Waals surface area (Å²) in [5.41, 5.74) is -0.655. The van der Waals surface area contributed by atoms with E-state index in [4.69, 9.17) is 4.74 Å². The second-order valence-corrected chi connectivity index (χ2v) is 6.54. The Morgan fingerprint density at radius 3 is 2.06 bits per heavy atom. The van der Waals surface area contributed by atoms with Crippen molar-refractivity contribution in [3.8, 4) is 0 Å². The third-order valence-corrected chi connectivity index (χ3v) is 3.23. The molecular weight excluding hydrogens is 216 g/mol. The molecule has 0 heterocycles. The Morgan fingerprint density at radius 2 is 1.76 bits per heavy atom. The molecule has 1 atom stereocenters. The highest BCUT2D eigenvalue weighted by molar-refractivity contribution is 5.86. The molecule has 0 N–H and O–H groups in total. The number of carbonyl (C=O) groups excluding carboxylic acids is 2. The minimum atomic E-state index is -0.620. The Balaban J connectivity index is 2.97. The molecule has 1 rings (SSSR count). The Hall–Kier alpha value is -1.12. The third-order valence-electron chi connectivity index (χ3n) is 3.23. The van der Waals surface area contributed by atoms with E-state index in [1.165, 1.54) is 0 Å². The molecule has 0 bridgehead atoms. The van der Waals surface area contributed by atoms with E-state index in [1.807, 2.05) is 34.6 Å². The first-order valence-corrected chi connectivity index (χ1v) is 5.92. The highest BCUT2D eigenvalue weighted by Gasteiger charge is 2.66. The van der Waals surface area contributed by atoms with E-state index in [0.29, 0.717) is 5.57 Å². The van der Waals surface area contributed by atoms with Crippen molar-refractivity contribution < 1.29 is 14.3 Å². The van der Waals surface area contributed by atoms with Gasteiger partial charge in [-0.3, -0.25) is 9.59 Å². The van der Waals surface area contributed by atoms with Crippen LogP contribution in [0.4, 0.5) is 0 Å². The van der Waals surface area contributed by atoms with Gasteiger partial charge in [0.1, 0.15) is 11.9 Å². The molecule has 3 nitrogen and oxygen atoms in total. The first-order valence-electron chi connectivity index (χ1n) is 5.92. The molecule has 0 saturated heterocycles. The lowest BCUT2D eigenvalue weighted by molar-refractivity contribution is -0.160. The number of rotatable bonds is 3. The average molecular weight is 238 g/mol. The number of carbonyl (C=O) groups is 2. The van der Waals surface area contributed by atoms with Crippen molar-refractivity contribution in [1.29, 1.82) is 0 Å². The Morgan fingerprint density at radius 1 is 1.29 bits per heavy atom. The third kappa shape index (κ3) is 2.76. The van der Waals surface area contributed by atoms with E-state index in [0.717, 1.165) is 12.7 Å². The fourth-order valence-electron chi connectivity index (χ4n) is 2.10. The lowest BCUT2D eigenvalue weighted by Gasteiger charge is -2.24. The summed E-state index contributed by atoms with van der Waals surface area (Å²) in [6, 6.07) is 0. The van der Waals surface area contributed by atoms with Crippen LogP contribution in [0.5, 0.6) is 0 Å². The first kappa shape index (κ1) is 13.9. The first-order chi connectivity index (χ1) is 7.54. The standard InChI is InChI=1S/C14H22O3/c1-10(8-15)7-14(9-13(14,5)6)11(16)17-12(2,3)4/h7-8H,9H2,1-6H3. The zero-order chi connectivity index (χ0) is 13.5. The number of hydrogen-bond acceptors (Lipinski definition) is 3. The van der Waals surface area contributed by atoms with E-state index in [1.54, 1.807) is 13.0 Å². The van der Waals surface area contributed by atoms with Gasteiger partial charge in [0.2, 0.25) is 0 Å². The van der Waals surface area contributed by atoms with E-state index < -0.39 is 11.0 Å². The summed E-state index contributed by atoms with van der Waals surface area (Å²) in [7, 11) is 0. The fraction of sp³-hybridized carbons (Fsp3) is 0.714. The van der Waals surface area contributed by atoms with Gasteiger partial charge in [-0.2, -0.15) is 0 Å². The summed E-state index contributed by atoms with van der Waals surface area (Å²) in [4.78, 5) is 22.9. The number of aldehydes is 1. The predicted octanol–water partition coefficient (Wildman–Crippen LogP) is 2.89. The van der Waals surface area contributed by atoms with Crippen LogP contribution >= 0.6 is 0 Å². The Kier molecular flexibility index (Phi) is 3.25. The molecule has 1 fully saturated rings. The van der Waals surface area contributed by atoms with Crippen LogP contribution in [0, 0.1) is 10.8 Å². The van der Waals surface area contributed by atoms with Crippen LogP contribution in [0.1, 0.15) is 48.0 Å². The van der Waals surface area contributed by atoms with Crippen LogP contribution in [0.15, 0.2) is 11.6 Å². The largest absolute Gasteiger partial charge is 0.459 e. The van der Waals surface area contributed by atoms with Crippen LogP contribution in [-0.4, -0.2) is 17.9 Å². The number of esters is 1. The molecule has 0 aromatic carbocycles. The molecule has 0 aliphatic heterocycles. The van der Waals surface area contributed by atoms with Gasteiger partial charge in [0.15, 0.2) is 0 Å². The summed E-state index contributed by atoms with van der Waals surface area (Å²) in [6.07, 6.45) is 3.27. The molecule has 96 valence electrons. The smallest absolute Gasteiger partial charge is 0.317 e. The summed E-state index contributed by atoms with van der Waals surface area (Å²) in [5, 5.41) is 0. The summed E-state index contributed by atoms with van der Waals surface area (Å²) >= 11 is 0. The Bertz CT molecular complexity index is 371. The van der Waals surface area contributed by atoms with Gasteiger partial charge < -0.3 is 4.74 Å². The van der Waals surface area contributed by atoms with Crippen molar-refractivity contribution >= 4 is 12.3 Å². The fourth-order valence-corrected chi connectivity index (χ4v) is 2.10. The van der Waals surface area contributed by atoms with E-state index in [2.05, 4.69) is 0 Å². The molecule has 17 heavy (non-hydrogen) atoms. The normalized spacial score (nSPS) is 27.5. The van der Waals surface area contributed by atoms with Gasteiger partial charge >= 0.3 is 5.97 Å². The zero-order valence-corrected chi connectivity index (χ0v) is 11.6. The molecule has 1 aliphatic carbocycles. The minimum Gasteiger partial charge on any atom is -0.459 e. The molecule has 1 saturated carbocycles. The zero-order valence-electron chi connectivity index (χ0n) is 11.6. The maximum atomic E-state index is 12.2. The lowest BCUT2D eigenvalue weighted by atomic mass is 9.93. The summed E-state index contributed by atoms with van der Waals surface area (Å²) in [5.74, 6) is -0.226. The highest BCUT2D eigenvalue weighted by Crippen LogP contribution is 2.65. The number of allylic oxidation sites excluding steroid dienone is 1. The van der Waals surface area contributed by atoms with Gasteiger partial charge in [0, 0.05) is 0 Å². The minimum absolute atomic E-state index is 0.125. The van der Waals surface area contributed by atoms with Crippen LogP contribution in [0.25, 0.3) is 0 Å². The maximum absolute atomic E-state index is 12.2. The molecule has 3 heteroatoms. The predicted molar refractivity (Wildman–Crippen MR) is 66.5 cm³/mol. The monoisotopic (exact) mass is 238 g/mol. The second kappa shape index (κ2) is 3.97. The van der Waals surface area contributed by atoms with E-state index in [9.17, 15) is 9.59 Å². The Labute approximate surface area is 103 Å². The number of hydrogen-bond donors (Lipinski definition) is 0. The van der Waals surface area contributed by atoms with Crippen LogP contribution in [-0.2, 0) is 14.3 Å². The van der Waals surface area contributed by atoms with E-state index in [-0.39, 0.29) is 11.4 Å². The van der Waals surface area contributed by atoms with Crippen molar-refractivity contribution in [1.82, 2.24) is 0 Å². The van der Waals surface area contributed by atoms with Gasteiger partial charge in [0.25, 0.3) is 0 Å². The van der Waals surface area contributed by atoms with Crippen LogP contribution in [0.3, 0.4) is 0 Å². The quantitative estimate of drug-likeness (QED) is 0.431. The van der Waals surface area contributed by atoms with Crippen molar-refractivity contribution in [3.05, 3.63) is 11.6 Å². The molecule has 0 spiro atoms. The van der Waals surface area contributed by atoms with Gasteiger partial charge in [-0.15, -0.1) is 0 Å². The van der Waals surface area contributed by atoms with Crippen molar-refractivity contribution in [2.75, 3.05) is 0 Å². The molecular formula is C14H22O3. The van der Waals surface area contributed by atoms with Crippen molar-refractivity contribution in [3.63, 3.8) is 0 Å². The lowest BCUT2D eigenvalue weighted by Crippen LogP contribution is -2.31. The summed E-state index contributed by atoms with van der Waals surface area (Å²) in [6.45, 7) is 11.3. The second-order valence-electron chi connectivity index (χ2n) is 6.54. The summed E-state index contributed by atoms with van der Waals surface area (Å²) < 4.78 is 5.45. The van der Waals surface area contributed by atoms with E-state index >= 15 is 0 Å². The van der Waals surface area contributed by atoms with Gasteiger partial charge in [-0.05, 0) is 45.1 Å². The molecule has 0 amide bonds. The van der Waals surface area contributed by atoms with Crippen LogP contribution in [0.2, 0.25) is 0 Å². The highest BCUT2D eigenvalue weighted by atomic mass is 16.6. The van der Waals surface area contributed by atoms with Crippen molar-refractivity contribution in [2.45, 2.75) is 53.6 Å². The number of ether oxygens (including phenoxy) is 1. The van der Waals surface area contributed by atoms with Crippen molar-refractivity contribution in [2.24, 2.45) is 10.8 Å². The van der Waals surface area contributed by atoms with Gasteiger partial charge in [-0.1, -0.05) is 19.9 Å². The molecule has 1 aliphatic rings. The molecule has 0 radical (unpaired) electrons. The topological polar surface area (TPSA) is 43.4 Å². The maximum Gasteiger partial charge on any atom is 0.317 e. The van der Waals surface area contributed by atoms with Crippen LogP contribution < -0.4 is 0 Å². The van der Waals surface area contributed by atoms with Gasteiger partial charge in [0.05, 0.1) is 5.41 Å². The molecule has 1 unspecified atom stereocenters. The SMILES string of the molecule is CC(C=O)=CC1(C(=O)OC(C)(C)C)CC1(C)C.